The summed E-state index contributed by atoms with van der Waals surface area (Å²) in [6.45, 7) is 3.67. The van der Waals surface area contributed by atoms with E-state index in [-0.39, 0.29) is 11.7 Å². The number of carbonyl (C=O) groups is 2. The predicted molar refractivity (Wildman–Crippen MR) is 65.4 cm³/mol. The molecule has 0 radical (unpaired) electrons. The molecule has 1 amide bonds. The van der Waals surface area contributed by atoms with Gasteiger partial charge in [0.05, 0.1) is 0 Å². The second-order valence-corrected chi connectivity index (χ2v) is 3.51. The van der Waals surface area contributed by atoms with E-state index in [1.54, 1.807) is 31.3 Å². The van der Waals surface area contributed by atoms with Crippen LogP contribution in [0.5, 0.6) is 0 Å². The van der Waals surface area contributed by atoms with Crippen LogP contribution in [0.15, 0.2) is 36.2 Å². The minimum absolute atomic E-state index is 0.00294. The first-order valence-electron chi connectivity index (χ1n) is 5.63. The molecule has 0 fully saturated rings. The number of carbonyl (C=O) groups excluding carboxylic acids is 2. The molecule has 0 saturated carbocycles. The number of nitrogens with one attached hydrogen (secondary N) is 1. The van der Waals surface area contributed by atoms with Crippen molar-refractivity contribution in [1.82, 2.24) is 10.3 Å². The van der Waals surface area contributed by atoms with Crippen LogP contribution in [0.4, 0.5) is 0 Å². The lowest BCUT2D eigenvalue weighted by Gasteiger charge is -2.06. The van der Waals surface area contributed by atoms with E-state index < -0.39 is 0 Å². The number of hydrogen-bond acceptors (Lipinski definition) is 3. The highest BCUT2D eigenvalue weighted by molar-refractivity contribution is 5.95. The number of allylic oxidation sites excluding steroid dienone is 2. The van der Waals surface area contributed by atoms with Crippen molar-refractivity contribution in [2.75, 3.05) is 0 Å². The fourth-order valence-corrected chi connectivity index (χ4v) is 1.23. The summed E-state index contributed by atoms with van der Waals surface area (Å²) in [7, 11) is 0. The second kappa shape index (κ2) is 6.58. The lowest BCUT2D eigenvalue weighted by Crippen LogP contribution is -2.24. The van der Waals surface area contributed by atoms with Gasteiger partial charge in [0.1, 0.15) is 5.69 Å². The number of ketones is 1. The third-order valence-electron chi connectivity index (χ3n) is 2.24. The van der Waals surface area contributed by atoms with Gasteiger partial charge in [0.2, 0.25) is 0 Å². The standard InChI is InChI=1S/C13H16N2O2/c1-3-10(9-11(16)4-2)15-13(17)12-7-5-6-8-14-12/h5-9H,3-4H2,1-2H3,(H,15,17)/b10-9-. The summed E-state index contributed by atoms with van der Waals surface area (Å²) in [6.07, 6.45) is 4.07. The maximum absolute atomic E-state index is 11.8. The number of aromatic nitrogens is 1. The summed E-state index contributed by atoms with van der Waals surface area (Å²) in [5, 5.41) is 2.69. The van der Waals surface area contributed by atoms with E-state index in [0.29, 0.717) is 24.2 Å². The maximum atomic E-state index is 11.8. The zero-order valence-corrected chi connectivity index (χ0v) is 10.1. The van der Waals surface area contributed by atoms with E-state index in [2.05, 4.69) is 10.3 Å². The van der Waals surface area contributed by atoms with Gasteiger partial charge in [0.25, 0.3) is 5.91 Å². The van der Waals surface area contributed by atoms with Gasteiger partial charge in [-0.1, -0.05) is 19.9 Å². The molecule has 1 heterocycles. The van der Waals surface area contributed by atoms with Crippen LogP contribution < -0.4 is 5.32 Å². The van der Waals surface area contributed by atoms with E-state index in [1.165, 1.54) is 6.08 Å². The van der Waals surface area contributed by atoms with Crippen LogP contribution in [0, 0.1) is 0 Å². The first-order valence-corrected chi connectivity index (χ1v) is 5.63. The Labute approximate surface area is 101 Å². The average molecular weight is 232 g/mol. The van der Waals surface area contributed by atoms with Crippen molar-refractivity contribution in [3.63, 3.8) is 0 Å². The molecule has 4 heteroatoms. The predicted octanol–water partition coefficient (Wildman–Crippen LogP) is 2.08. The molecule has 1 aromatic rings. The van der Waals surface area contributed by atoms with Crippen LogP contribution in [0.25, 0.3) is 0 Å². The average Bonchev–Trinajstić information content (AvgIpc) is 2.38. The van der Waals surface area contributed by atoms with Gasteiger partial charge < -0.3 is 5.32 Å². The van der Waals surface area contributed by atoms with Crippen molar-refractivity contribution in [3.05, 3.63) is 41.9 Å². The molecule has 0 spiro atoms. The quantitative estimate of drug-likeness (QED) is 0.791. The van der Waals surface area contributed by atoms with Crippen molar-refractivity contribution in [2.45, 2.75) is 26.7 Å². The molecule has 0 atom stereocenters. The van der Waals surface area contributed by atoms with Gasteiger partial charge in [0.15, 0.2) is 5.78 Å². The molecule has 0 saturated heterocycles. The Kier molecular flexibility index (Phi) is 5.07. The molecule has 4 nitrogen and oxygen atoms in total. The number of hydrogen-bond donors (Lipinski definition) is 1. The Morgan fingerprint density at radius 1 is 1.29 bits per heavy atom. The van der Waals surface area contributed by atoms with Crippen LogP contribution in [-0.2, 0) is 4.79 Å². The van der Waals surface area contributed by atoms with Crippen molar-refractivity contribution < 1.29 is 9.59 Å². The number of amides is 1. The lowest BCUT2D eigenvalue weighted by atomic mass is 10.2. The van der Waals surface area contributed by atoms with Crippen LogP contribution in [-0.4, -0.2) is 16.7 Å². The fraction of sp³-hybridized carbons (Fsp3) is 0.308. The van der Waals surface area contributed by atoms with Crippen LogP contribution in [0.1, 0.15) is 37.2 Å². The Hall–Kier alpha value is -1.97. The summed E-state index contributed by atoms with van der Waals surface area (Å²) in [4.78, 5) is 27.0. The van der Waals surface area contributed by atoms with E-state index in [0.717, 1.165) is 0 Å². The highest BCUT2D eigenvalue weighted by Gasteiger charge is 2.08. The SMILES string of the molecule is CCC(=O)/C=C(/CC)NC(=O)c1ccccn1. The second-order valence-electron chi connectivity index (χ2n) is 3.51. The fourth-order valence-electron chi connectivity index (χ4n) is 1.23. The molecule has 17 heavy (non-hydrogen) atoms. The number of pyridine rings is 1. The topological polar surface area (TPSA) is 59.1 Å². The third kappa shape index (κ3) is 4.18. The van der Waals surface area contributed by atoms with Crippen molar-refractivity contribution in [3.8, 4) is 0 Å². The van der Waals surface area contributed by atoms with Crippen molar-refractivity contribution in [1.29, 1.82) is 0 Å². The van der Waals surface area contributed by atoms with Gasteiger partial charge in [-0.2, -0.15) is 0 Å². The monoisotopic (exact) mass is 232 g/mol. The molecule has 0 aliphatic rings. The first kappa shape index (κ1) is 13.1. The highest BCUT2D eigenvalue weighted by Crippen LogP contribution is 2.01. The normalized spacial score (nSPS) is 11.1. The molecule has 0 aromatic carbocycles. The summed E-state index contributed by atoms with van der Waals surface area (Å²) in [6, 6.07) is 5.12. The minimum Gasteiger partial charge on any atom is -0.324 e. The molecular weight excluding hydrogens is 216 g/mol. The van der Waals surface area contributed by atoms with E-state index in [9.17, 15) is 9.59 Å². The van der Waals surface area contributed by atoms with Gasteiger partial charge in [-0.05, 0) is 18.6 Å². The van der Waals surface area contributed by atoms with Crippen molar-refractivity contribution >= 4 is 11.7 Å². The Balaban J connectivity index is 2.73. The lowest BCUT2D eigenvalue weighted by molar-refractivity contribution is -0.114. The summed E-state index contributed by atoms with van der Waals surface area (Å²) in [5.41, 5.74) is 0.961. The van der Waals surface area contributed by atoms with Crippen molar-refractivity contribution in [2.24, 2.45) is 0 Å². The molecule has 0 aliphatic heterocycles. The number of rotatable bonds is 5. The zero-order valence-electron chi connectivity index (χ0n) is 10.1. The summed E-state index contributed by atoms with van der Waals surface area (Å²) < 4.78 is 0. The molecule has 1 N–H and O–H groups in total. The molecule has 1 rings (SSSR count). The smallest absolute Gasteiger partial charge is 0.273 e. The van der Waals surface area contributed by atoms with Gasteiger partial charge in [0, 0.05) is 24.4 Å². The third-order valence-corrected chi connectivity index (χ3v) is 2.24. The molecule has 90 valence electrons. The largest absolute Gasteiger partial charge is 0.324 e. The molecule has 0 bridgehead atoms. The van der Waals surface area contributed by atoms with E-state index >= 15 is 0 Å². The van der Waals surface area contributed by atoms with E-state index in [1.807, 2.05) is 6.92 Å². The highest BCUT2D eigenvalue weighted by atomic mass is 16.2. The molecule has 0 unspecified atom stereocenters. The van der Waals surface area contributed by atoms with E-state index in [4.69, 9.17) is 0 Å². The Morgan fingerprint density at radius 3 is 2.59 bits per heavy atom. The Morgan fingerprint density at radius 2 is 2.06 bits per heavy atom. The van der Waals surface area contributed by atoms with Gasteiger partial charge in [-0.15, -0.1) is 0 Å². The Bertz CT molecular complexity index is 424. The summed E-state index contributed by atoms with van der Waals surface area (Å²) in [5.74, 6) is -0.286. The zero-order chi connectivity index (χ0) is 12.7. The van der Waals surface area contributed by atoms with Crippen LogP contribution in [0.3, 0.4) is 0 Å². The van der Waals surface area contributed by atoms with Gasteiger partial charge in [-0.3, -0.25) is 14.6 Å². The van der Waals surface area contributed by atoms with Crippen LogP contribution >= 0.6 is 0 Å². The first-order chi connectivity index (χ1) is 8.17. The molecular formula is C13H16N2O2. The van der Waals surface area contributed by atoms with Gasteiger partial charge in [-0.25, -0.2) is 0 Å². The molecule has 0 aliphatic carbocycles. The van der Waals surface area contributed by atoms with Crippen LogP contribution in [0.2, 0.25) is 0 Å². The van der Waals surface area contributed by atoms with Gasteiger partial charge >= 0.3 is 0 Å². The minimum atomic E-state index is -0.289. The maximum Gasteiger partial charge on any atom is 0.273 e. The summed E-state index contributed by atoms with van der Waals surface area (Å²) >= 11 is 0. The number of nitrogens with zero attached hydrogens (tertiary/aromatic N) is 1. The molecule has 1 aromatic heterocycles.